The van der Waals surface area contributed by atoms with E-state index >= 15 is 0 Å². The first kappa shape index (κ1) is 21.4. The van der Waals surface area contributed by atoms with Crippen LogP contribution >= 0.6 is 11.8 Å². The number of thioether (sulfide) groups is 1. The number of fused-ring (bicyclic) bond motifs is 2. The molecule has 174 valence electrons. The van der Waals surface area contributed by atoms with E-state index in [4.69, 9.17) is 19.0 Å². The molecule has 0 N–H and O–H groups in total. The molecule has 0 atom stereocenters. The van der Waals surface area contributed by atoms with E-state index in [1.165, 1.54) is 40.6 Å². The lowest BCUT2D eigenvalue weighted by Gasteiger charge is -2.13. The van der Waals surface area contributed by atoms with Crippen LogP contribution in [0.15, 0.2) is 75.1 Å². The van der Waals surface area contributed by atoms with Crippen LogP contribution in [0.2, 0.25) is 0 Å². The fourth-order valence-electron chi connectivity index (χ4n) is 3.81. The number of aromatic nitrogens is 4. The van der Waals surface area contributed by atoms with Gasteiger partial charge < -0.3 is 14.0 Å². The molecule has 5 aromatic rings. The quantitative estimate of drug-likeness (QED) is 0.255. The molecule has 0 radical (unpaired) electrons. The summed E-state index contributed by atoms with van der Waals surface area (Å²) in [4.78, 5) is 22.7. The molecule has 1 aliphatic heterocycles. The van der Waals surface area contributed by atoms with Gasteiger partial charge in [0.1, 0.15) is 5.82 Å². The highest BCUT2D eigenvalue weighted by atomic mass is 32.2. The predicted molar refractivity (Wildman–Crippen MR) is 127 cm³/mol. The Bertz CT molecular complexity index is 1630. The van der Waals surface area contributed by atoms with Crippen molar-refractivity contribution in [2.45, 2.75) is 17.8 Å². The van der Waals surface area contributed by atoms with Crippen LogP contribution in [-0.4, -0.2) is 26.5 Å². The Morgan fingerprint density at radius 3 is 2.63 bits per heavy atom. The molecular weight excluding hydrogens is 471 g/mol. The molecule has 35 heavy (non-hydrogen) atoms. The molecule has 0 aliphatic carbocycles. The second-order valence-electron chi connectivity index (χ2n) is 7.90. The van der Waals surface area contributed by atoms with Gasteiger partial charge in [-0.3, -0.25) is 9.36 Å². The molecular formula is C25H17FN4O4S. The lowest BCUT2D eigenvalue weighted by atomic mass is 10.1. The number of hydrogen-bond donors (Lipinski definition) is 0. The van der Waals surface area contributed by atoms with Crippen molar-refractivity contribution < 1.29 is 18.4 Å². The molecule has 1 aliphatic rings. The molecule has 0 bridgehead atoms. The molecule has 0 fully saturated rings. The van der Waals surface area contributed by atoms with Crippen LogP contribution in [0.5, 0.6) is 11.5 Å². The molecule has 8 nitrogen and oxygen atoms in total. The van der Waals surface area contributed by atoms with E-state index in [0.29, 0.717) is 45.0 Å². The molecule has 0 amide bonds. The van der Waals surface area contributed by atoms with E-state index in [-0.39, 0.29) is 18.1 Å². The average molecular weight is 489 g/mol. The summed E-state index contributed by atoms with van der Waals surface area (Å²) in [5, 5.41) is 4.83. The Labute approximate surface area is 202 Å². The number of benzene rings is 3. The number of ether oxygens (including phenoxy) is 2. The minimum Gasteiger partial charge on any atom is -0.454 e. The Hall–Kier alpha value is -4.18. The maximum Gasteiger partial charge on any atom is 0.266 e. The lowest BCUT2D eigenvalue weighted by molar-refractivity contribution is 0.174. The summed E-state index contributed by atoms with van der Waals surface area (Å²) in [7, 11) is 0. The highest BCUT2D eigenvalue weighted by Crippen LogP contribution is 2.35. The van der Waals surface area contributed by atoms with Gasteiger partial charge in [0.2, 0.25) is 18.5 Å². The highest BCUT2D eigenvalue weighted by Gasteiger charge is 2.20. The van der Waals surface area contributed by atoms with Gasteiger partial charge in [-0.15, -0.1) is 0 Å². The average Bonchev–Trinajstić information content (AvgIpc) is 3.52. The predicted octanol–water partition coefficient (Wildman–Crippen LogP) is 4.90. The third-order valence-corrected chi connectivity index (χ3v) is 6.41. The molecule has 6 rings (SSSR count). The van der Waals surface area contributed by atoms with E-state index in [1.807, 2.05) is 31.2 Å². The topological polar surface area (TPSA) is 92.3 Å². The van der Waals surface area contributed by atoms with Gasteiger partial charge in [0.25, 0.3) is 5.56 Å². The Morgan fingerprint density at radius 1 is 1.03 bits per heavy atom. The maximum absolute atomic E-state index is 13.6. The molecule has 3 heterocycles. The first-order valence-electron chi connectivity index (χ1n) is 10.7. The molecule has 10 heteroatoms. The number of hydrogen-bond acceptors (Lipinski definition) is 8. The van der Waals surface area contributed by atoms with Crippen LogP contribution in [0.1, 0.15) is 11.5 Å². The fraction of sp³-hybridized carbons (Fsp3) is 0.120. The monoisotopic (exact) mass is 488 g/mol. The van der Waals surface area contributed by atoms with Crippen LogP contribution in [0.4, 0.5) is 4.39 Å². The summed E-state index contributed by atoms with van der Waals surface area (Å²) >= 11 is 1.26. The number of rotatable bonds is 5. The van der Waals surface area contributed by atoms with Crippen molar-refractivity contribution in [2.24, 2.45) is 0 Å². The summed E-state index contributed by atoms with van der Waals surface area (Å²) in [5.74, 6) is 1.76. The SMILES string of the molecule is Cc1cccc(-c2noc(CSc3nc4cc5c(cc4c(=O)n3-c3ccc(F)cc3)OCO5)n2)c1. The standard InChI is InChI=1S/C25H17FN4O4S/c1-14-3-2-4-15(9-14)23-28-22(34-29-23)12-35-25-27-19-11-21-20(32-13-33-21)10-18(19)24(31)30(25)17-7-5-16(26)6-8-17/h2-11H,12-13H2,1H3. The Balaban J connectivity index is 1.40. The van der Waals surface area contributed by atoms with Crippen molar-refractivity contribution >= 4 is 22.7 Å². The van der Waals surface area contributed by atoms with Crippen molar-refractivity contribution in [2.75, 3.05) is 6.79 Å². The second-order valence-corrected chi connectivity index (χ2v) is 8.85. The van der Waals surface area contributed by atoms with Crippen LogP contribution in [0.25, 0.3) is 28.0 Å². The highest BCUT2D eigenvalue weighted by molar-refractivity contribution is 7.98. The van der Waals surface area contributed by atoms with Crippen LogP contribution in [-0.2, 0) is 5.75 Å². The third-order valence-electron chi connectivity index (χ3n) is 5.49. The normalized spacial score (nSPS) is 12.4. The van der Waals surface area contributed by atoms with Gasteiger partial charge >= 0.3 is 0 Å². The third kappa shape index (κ3) is 4.01. The van der Waals surface area contributed by atoms with Gasteiger partial charge in [0.15, 0.2) is 16.7 Å². The summed E-state index contributed by atoms with van der Waals surface area (Å²) in [5.41, 5.74) is 2.58. The van der Waals surface area contributed by atoms with Gasteiger partial charge in [-0.05, 0) is 43.3 Å². The summed E-state index contributed by atoms with van der Waals surface area (Å²) < 4.78 is 31.3. The molecule has 0 unspecified atom stereocenters. The zero-order valence-corrected chi connectivity index (χ0v) is 19.2. The number of halogens is 1. The van der Waals surface area contributed by atoms with Crippen LogP contribution in [0, 0.1) is 12.7 Å². The van der Waals surface area contributed by atoms with E-state index < -0.39 is 5.82 Å². The van der Waals surface area contributed by atoms with E-state index in [9.17, 15) is 9.18 Å². The van der Waals surface area contributed by atoms with E-state index in [0.717, 1.165) is 11.1 Å². The second kappa shape index (κ2) is 8.55. The minimum absolute atomic E-state index is 0.0832. The summed E-state index contributed by atoms with van der Waals surface area (Å²) in [6, 6.07) is 16.8. The minimum atomic E-state index is -0.400. The van der Waals surface area contributed by atoms with Crippen LogP contribution < -0.4 is 15.0 Å². The van der Waals surface area contributed by atoms with Crippen molar-refractivity contribution in [1.29, 1.82) is 0 Å². The smallest absolute Gasteiger partial charge is 0.266 e. The van der Waals surface area contributed by atoms with Crippen molar-refractivity contribution in [3.05, 3.63) is 88.3 Å². The zero-order chi connectivity index (χ0) is 23.9. The molecule has 0 spiro atoms. The zero-order valence-electron chi connectivity index (χ0n) is 18.4. The largest absolute Gasteiger partial charge is 0.454 e. The molecule has 2 aromatic heterocycles. The van der Waals surface area contributed by atoms with Crippen molar-refractivity contribution in [1.82, 2.24) is 19.7 Å². The number of aryl methyl sites for hydroxylation is 1. The van der Waals surface area contributed by atoms with E-state index in [2.05, 4.69) is 10.1 Å². The Kier molecular flexibility index (Phi) is 5.22. The Morgan fingerprint density at radius 2 is 1.83 bits per heavy atom. The first-order chi connectivity index (χ1) is 17.0. The van der Waals surface area contributed by atoms with Gasteiger partial charge in [-0.2, -0.15) is 4.98 Å². The van der Waals surface area contributed by atoms with Gasteiger partial charge in [0.05, 0.1) is 22.3 Å². The molecule has 3 aromatic carbocycles. The van der Waals surface area contributed by atoms with Crippen molar-refractivity contribution in [3.8, 4) is 28.6 Å². The van der Waals surface area contributed by atoms with Gasteiger partial charge in [-0.1, -0.05) is 40.7 Å². The summed E-state index contributed by atoms with van der Waals surface area (Å²) in [6.07, 6.45) is 0. The van der Waals surface area contributed by atoms with Gasteiger partial charge in [-0.25, -0.2) is 9.37 Å². The first-order valence-corrected chi connectivity index (χ1v) is 11.7. The van der Waals surface area contributed by atoms with Crippen molar-refractivity contribution in [3.63, 3.8) is 0 Å². The fourth-order valence-corrected chi connectivity index (χ4v) is 4.66. The maximum atomic E-state index is 13.6. The molecule has 0 saturated heterocycles. The van der Waals surface area contributed by atoms with E-state index in [1.54, 1.807) is 12.1 Å². The summed E-state index contributed by atoms with van der Waals surface area (Å²) in [6.45, 7) is 2.08. The van der Waals surface area contributed by atoms with Gasteiger partial charge in [0, 0.05) is 11.6 Å². The molecule has 0 saturated carbocycles. The lowest BCUT2D eigenvalue weighted by Crippen LogP contribution is -2.21. The number of nitrogens with zero attached hydrogens (tertiary/aromatic N) is 4. The van der Waals surface area contributed by atoms with Crippen LogP contribution in [0.3, 0.4) is 0 Å².